The molecule has 0 fully saturated rings. The van der Waals surface area contributed by atoms with Crippen molar-refractivity contribution < 1.29 is 19.4 Å². The number of aromatic nitrogens is 3. The molecule has 3 rings (SSSR count). The quantitative estimate of drug-likeness (QED) is 0.548. The smallest absolute Gasteiger partial charge is 0.335 e. The van der Waals surface area contributed by atoms with Gasteiger partial charge in [-0.1, -0.05) is 35.5 Å². The SMILES string of the molecule is Cc1ccc(OCc2nnc(SCC(=O)Nc3cccc(C(=O)O)c3)n2C)cc1. The van der Waals surface area contributed by atoms with Crippen LogP contribution in [0.5, 0.6) is 5.75 Å². The number of carboxylic acid groups (broad SMARTS) is 1. The Kier molecular flexibility index (Phi) is 6.50. The molecule has 0 unspecified atom stereocenters. The summed E-state index contributed by atoms with van der Waals surface area (Å²) in [6.07, 6.45) is 0. The van der Waals surface area contributed by atoms with Crippen molar-refractivity contribution in [1.82, 2.24) is 14.8 Å². The van der Waals surface area contributed by atoms with E-state index in [9.17, 15) is 9.59 Å². The van der Waals surface area contributed by atoms with Gasteiger partial charge in [-0.05, 0) is 37.3 Å². The van der Waals surface area contributed by atoms with E-state index in [-0.39, 0.29) is 23.8 Å². The molecule has 2 N–H and O–H groups in total. The molecule has 29 heavy (non-hydrogen) atoms. The van der Waals surface area contributed by atoms with Crippen LogP contribution in [0.4, 0.5) is 5.69 Å². The van der Waals surface area contributed by atoms with Crippen molar-refractivity contribution >= 4 is 29.3 Å². The van der Waals surface area contributed by atoms with Crippen LogP contribution in [0, 0.1) is 6.92 Å². The minimum atomic E-state index is -1.05. The van der Waals surface area contributed by atoms with Gasteiger partial charge < -0.3 is 19.7 Å². The van der Waals surface area contributed by atoms with Crippen molar-refractivity contribution in [1.29, 1.82) is 0 Å². The van der Waals surface area contributed by atoms with Crippen molar-refractivity contribution in [3.8, 4) is 5.75 Å². The number of thioether (sulfide) groups is 1. The highest BCUT2D eigenvalue weighted by Crippen LogP contribution is 2.18. The van der Waals surface area contributed by atoms with Crippen LogP contribution in [0.1, 0.15) is 21.7 Å². The molecule has 1 amide bonds. The average Bonchev–Trinajstić information content (AvgIpc) is 3.06. The van der Waals surface area contributed by atoms with Gasteiger partial charge in [0, 0.05) is 12.7 Å². The summed E-state index contributed by atoms with van der Waals surface area (Å²) in [6, 6.07) is 13.8. The molecule has 3 aromatic rings. The van der Waals surface area contributed by atoms with Crippen LogP contribution >= 0.6 is 11.8 Å². The molecule has 1 aromatic heterocycles. The Morgan fingerprint density at radius 2 is 1.93 bits per heavy atom. The number of carbonyl (C=O) groups is 2. The van der Waals surface area contributed by atoms with Crippen molar-refractivity contribution in [3.63, 3.8) is 0 Å². The van der Waals surface area contributed by atoms with Crippen molar-refractivity contribution in [2.24, 2.45) is 7.05 Å². The number of aromatic carboxylic acids is 1. The van der Waals surface area contributed by atoms with Gasteiger partial charge in [-0.15, -0.1) is 10.2 Å². The van der Waals surface area contributed by atoms with Crippen LogP contribution in [0.3, 0.4) is 0 Å². The lowest BCUT2D eigenvalue weighted by atomic mass is 10.2. The van der Waals surface area contributed by atoms with Gasteiger partial charge in [0.05, 0.1) is 11.3 Å². The number of rotatable bonds is 8. The van der Waals surface area contributed by atoms with Crippen LogP contribution < -0.4 is 10.1 Å². The number of amides is 1. The lowest BCUT2D eigenvalue weighted by molar-refractivity contribution is -0.113. The van der Waals surface area contributed by atoms with Crippen LogP contribution in [-0.4, -0.2) is 37.5 Å². The number of ether oxygens (including phenoxy) is 1. The first-order chi connectivity index (χ1) is 13.9. The summed E-state index contributed by atoms with van der Waals surface area (Å²) in [5, 5.41) is 20.5. The molecule has 0 atom stereocenters. The average molecular weight is 412 g/mol. The topological polar surface area (TPSA) is 106 Å². The van der Waals surface area contributed by atoms with Gasteiger partial charge in [-0.3, -0.25) is 4.79 Å². The first kappa shape index (κ1) is 20.4. The van der Waals surface area contributed by atoms with E-state index >= 15 is 0 Å². The number of aryl methyl sites for hydroxylation is 1. The first-order valence-corrected chi connectivity index (χ1v) is 9.74. The van der Waals surface area contributed by atoms with E-state index in [0.717, 1.165) is 11.3 Å². The number of benzene rings is 2. The Bertz CT molecular complexity index is 1020. The monoisotopic (exact) mass is 412 g/mol. The number of hydrogen-bond donors (Lipinski definition) is 2. The largest absolute Gasteiger partial charge is 0.486 e. The van der Waals surface area contributed by atoms with Crippen LogP contribution in [0.15, 0.2) is 53.7 Å². The summed E-state index contributed by atoms with van der Waals surface area (Å²) in [5.74, 6) is 0.189. The first-order valence-electron chi connectivity index (χ1n) is 8.76. The number of nitrogens with one attached hydrogen (secondary N) is 1. The third kappa shape index (κ3) is 5.58. The Labute approximate surface area is 171 Å². The van der Waals surface area contributed by atoms with E-state index in [4.69, 9.17) is 9.84 Å². The molecule has 0 aliphatic carbocycles. The molecule has 2 aromatic carbocycles. The summed E-state index contributed by atoms with van der Waals surface area (Å²) >= 11 is 1.23. The summed E-state index contributed by atoms with van der Waals surface area (Å²) in [7, 11) is 1.81. The molecule has 0 aliphatic heterocycles. The lowest BCUT2D eigenvalue weighted by Gasteiger charge is -2.07. The normalized spacial score (nSPS) is 10.6. The summed E-state index contributed by atoms with van der Waals surface area (Å²) < 4.78 is 7.49. The van der Waals surface area contributed by atoms with E-state index in [1.807, 2.05) is 38.2 Å². The maximum atomic E-state index is 12.2. The molecule has 0 spiro atoms. The minimum absolute atomic E-state index is 0.113. The summed E-state index contributed by atoms with van der Waals surface area (Å²) in [4.78, 5) is 23.2. The highest BCUT2D eigenvalue weighted by Gasteiger charge is 2.13. The van der Waals surface area contributed by atoms with Gasteiger partial charge in [0.15, 0.2) is 11.0 Å². The predicted octanol–water partition coefficient (Wildman–Crippen LogP) is 3.13. The second-order valence-corrected chi connectivity index (χ2v) is 7.22. The third-order valence-corrected chi connectivity index (χ3v) is 5.06. The molecular weight excluding hydrogens is 392 g/mol. The van der Waals surface area contributed by atoms with E-state index in [1.54, 1.807) is 16.7 Å². The van der Waals surface area contributed by atoms with Crippen molar-refractivity contribution in [2.45, 2.75) is 18.7 Å². The zero-order valence-electron chi connectivity index (χ0n) is 16.0. The Morgan fingerprint density at radius 1 is 1.17 bits per heavy atom. The molecule has 8 nitrogen and oxygen atoms in total. The van der Waals surface area contributed by atoms with Gasteiger partial charge in [0.2, 0.25) is 5.91 Å². The molecule has 0 bridgehead atoms. The lowest BCUT2D eigenvalue weighted by Crippen LogP contribution is -2.15. The minimum Gasteiger partial charge on any atom is -0.486 e. The van der Waals surface area contributed by atoms with E-state index in [2.05, 4.69) is 15.5 Å². The van der Waals surface area contributed by atoms with Gasteiger partial charge >= 0.3 is 5.97 Å². The highest BCUT2D eigenvalue weighted by molar-refractivity contribution is 7.99. The maximum Gasteiger partial charge on any atom is 0.335 e. The van der Waals surface area contributed by atoms with Gasteiger partial charge in [0.1, 0.15) is 12.4 Å². The predicted molar refractivity (Wildman–Crippen MR) is 109 cm³/mol. The van der Waals surface area contributed by atoms with Gasteiger partial charge in [-0.2, -0.15) is 0 Å². The molecule has 1 heterocycles. The fraction of sp³-hybridized carbons (Fsp3) is 0.200. The number of carboxylic acids is 1. The Hall–Kier alpha value is -3.33. The highest BCUT2D eigenvalue weighted by atomic mass is 32.2. The van der Waals surface area contributed by atoms with Crippen LogP contribution in [-0.2, 0) is 18.4 Å². The van der Waals surface area contributed by atoms with Crippen molar-refractivity contribution in [3.05, 3.63) is 65.5 Å². The van der Waals surface area contributed by atoms with E-state index < -0.39 is 5.97 Å². The molecule has 9 heteroatoms. The number of carbonyl (C=O) groups excluding carboxylic acids is 1. The third-order valence-electron chi connectivity index (χ3n) is 4.04. The maximum absolute atomic E-state index is 12.2. The fourth-order valence-electron chi connectivity index (χ4n) is 2.44. The second-order valence-electron chi connectivity index (χ2n) is 6.28. The molecule has 0 saturated carbocycles. The molecule has 150 valence electrons. The Morgan fingerprint density at radius 3 is 2.66 bits per heavy atom. The fourth-order valence-corrected chi connectivity index (χ4v) is 3.17. The second kappa shape index (κ2) is 9.24. The molecule has 0 radical (unpaired) electrons. The molecule has 0 saturated heterocycles. The van der Waals surface area contributed by atoms with Crippen LogP contribution in [0.25, 0.3) is 0 Å². The van der Waals surface area contributed by atoms with Crippen molar-refractivity contribution in [2.75, 3.05) is 11.1 Å². The number of hydrogen-bond acceptors (Lipinski definition) is 6. The number of anilines is 1. The number of nitrogens with zero attached hydrogens (tertiary/aromatic N) is 3. The summed E-state index contributed by atoms with van der Waals surface area (Å²) in [5.41, 5.74) is 1.70. The Balaban J connectivity index is 1.53. The van der Waals surface area contributed by atoms with E-state index in [0.29, 0.717) is 16.7 Å². The molecule has 0 aliphatic rings. The summed E-state index contributed by atoms with van der Waals surface area (Å²) in [6.45, 7) is 2.27. The zero-order chi connectivity index (χ0) is 20.8. The standard InChI is InChI=1S/C20H20N4O4S/c1-13-6-8-16(9-7-13)28-11-17-22-23-20(24(17)2)29-12-18(25)21-15-5-3-4-14(10-15)19(26)27/h3-10H,11-12H2,1-2H3,(H,21,25)(H,26,27). The van der Waals surface area contributed by atoms with Crippen LogP contribution in [0.2, 0.25) is 0 Å². The molecular formula is C20H20N4O4S. The van der Waals surface area contributed by atoms with Gasteiger partial charge in [0.25, 0.3) is 0 Å². The zero-order valence-corrected chi connectivity index (χ0v) is 16.8. The van der Waals surface area contributed by atoms with Gasteiger partial charge in [-0.25, -0.2) is 4.79 Å². The van der Waals surface area contributed by atoms with E-state index in [1.165, 1.54) is 23.9 Å².